The molecule has 1 aliphatic rings. The highest BCUT2D eigenvalue weighted by Crippen LogP contribution is 2.35. The number of anilines is 2. The Morgan fingerprint density at radius 3 is 2.70 bits per heavy atom. The maximum atomic E-state index is 12.5. The topological polar surface area (TPSA) is 85.2 Å². The zero-order valence-corrected chi connectivity index (χ0v) is 19.3. The summed E-state index contributed by atoms with van der Waals surface area (Å²) in [5.41, 5.74) is 5.75. The molecule has 1 N–H and O–H groups in total. The van der Waals surface area contributed by atoms with Crippen LogP contribution in [0.2, 0.25) is 0 Å². The number of nitrogens with one attached hydrogen (secondary N) is 1. The molecule has 0 unspecified atom stereocenters. The second kappa shape index (κ2) is 10.0. The van der Waals surface area contributed by atoms with Gasteiger partial charge >= 0.3 is 0 Å². The van der Waals surface area contributed by atoms with Gasteiger partial charge in [-0.1, -0.05) is 27.3 Å². The van der Waals surface area contributed by atoms with Crippen LogP contribution in [0.3, 0.4) is 0 Å². The van der Waals surface area contributed by atoms with E-state index in [9.17, 15) is 4.79 Å². The monoisotopic (exact) mass is 450 g/mol. The van der Waals surface area contributed by atoms with E-state index < -0.39 is 0 Å². The quantitative estimate of drug-likeness (QED) is 0.588. The van der Waals surface area contributed by atoms with Crippen LogP contribution in [0.15, 0.2) is 36.7 Å². The molecule has 0 aliphatic carbocycles. The lowest BCUT2D eigenvalue weighted by Crippen LogP contribution is -2.49. The molecule has 0 fully saturated rings. The van der Waals surface area contributed by atoms with Crippen LogP contribution in [0, 0.1) is 12.8 Å². The number of amides is 1. The molecule has 176 valence electrons. The lowest BCUT2D eigenvalue weighted by molar-refractivity contribution is -0.118. The number of likely N-dealkylation sites (N-methyl/N-ethyl adjacent to an activating group) is 1. The molecule has 8 nitrogen and oxygen atoms in total. The van der Waals surface area contributed by atoms with E-state index in [-0.39, 0.29) is 25.3 Å². The number of fused-ring (bicyclic) bond motifs is 1. The van der Waals surface area contributed by atoms with Gasteiger partial charge in [0.05, 0.1) is 42.6 Å². The number of ether oxygens (including phenoxy) is 1. The van der Waals surface area contributed by atoms with E-state index >= 15 is 0 Å². The third-order valence-corrected chi connectivity index (χ3v) is 5.85. The third-order valence-electron chi connectivity index (χ3n) is 5.85. The number of carbonyl (C=O) groups excluding carboxylic acids is 1. The second-order valence-corrected chi connectivity index (χ2v) is 8.60. The van der Waals surface area contributed by atoms with Crippen LogP contribution in [0.25, 0.3) is 0 Å². The molecule has 0 aromatic carbocycles. The van der Waals surface area contributed by atoms with Crippen molar-refractivity contribution in [1.82, 2.24) is 19.7 Å². The van der Waals surface area contributed by atoms with Crippen molar-refractivity contribution in [2.24, 2.45) is 5.92 Å². The molecule has 3 aromatic heterocycles. The molecule has 33 heavy (non-hydrogen) atoms. The normalized spacial score (nSPS) is 15.2. The number of methoxy groups -OCH3 is 1. The van der Waals surface area contributed by atoms with Crippen molar-refractivity contribution >= 4 is 17.3 Å². The Labute approximate surface area is 196 Å². The second-order valence-electron chi connectivity index (χ2n) is 8.60. The predicted molar refractivity (Wildman–Crippen MR) is 131 cm³/mol. The molecule has 0 saturated carbocycles. The van der Waals surface area contributed by atoms with E-state index in [4.69, 9.17) is 9.72 Å². The summed E-state index contributed by atoms with van der Waals surface area (Å²) in [4.78, 5) is 23.8. The minimum absolute atomic E-state index is 0. The van der Waals surface area contributed by atoms with Gasteiger partial charge in [-0.15, -0.1) is 0 Å². The third kappa shape index (κ3) is 5.16. The van der Waals surface area contributed by atoms with Crippen molar-refractivity contribution in [3.05, 3.63) is 59.3 Å². The molecule has 8 heteroatoms. The zero-order valence-electron chi connectivity index (χ0n) is 19.3. The van der Waals surface area contributed by atoms with Gasteiger partial charge in [0, 0.05) is 25.0 Å². The Kier molecular flexibility index (Phi) is 7.36. The first kappa shape index (κ1) is 24.2. The highest BCUT2D eigenvalue weighted by atomic mass is 16.5. The average Bonchev–Trinajstić information content (AvgIpc) is 3.20. The van der Waals surface area contributed by atoms with Gasteiger partial charge in [-0.05, 0) is 43.4 Å². The lowest BCUT2D eigenvalue weighted by atomic mass is 9.97. The highest BCUT2D eigenvalue weighted by Gasteiger charge is 2.34. The van der Waals surface area contributed by atoms with Gasteiger partial charge in [0.15, 0.2) is 0 Å². The number of hydrogen-bond donors (Lipinski definition) is 1. The van der Waals surface area contributed by atoms with Gasteiger partial charge in [0.1, 0.15) is 6.04 Å². The summed E-state index contributed by atoms with van der Waals surface area (Å²) in [6.07, 6.45) is 5.58. The predicted octanol–water partition coefficient (Wildman–Crippen LogP) is 3.87. The Bertz CT molecular complexity index is 1120. The molecule has 0 saturated heterocycles. The van der Waals surface area contributed by atoms with Crippen molar-refractivity contribution in [2.45, 2.75) is 53.6 Å². The van der Waals surface area contributed by atoms with Gasteiger partial charge in [-0.3, -0.25) is 14.5 Å². The maximum Gasteiger partial charge on any atom is 0.247 e. The van der Waals surface area contributed by atoms with E-state index in [0.717, 1.165) is 46.9 Å². The summed E-state index contributed by atoms with van der Waals surface area (Å²) in [6.45, 7) is 6.68. The molecule has 0 bridgehead atoms. The number of nitrogens with zero attached hydrogens (tertiary/aromatic N) is 5. The summed E-state index contributed by atoms with van der Waals surface area (Å²) >= 11 is 0. The molecule has 1 atom stereocenters. The van der Waals surface area contributed by atoms with Crippen molar-refractivity contribution < 1.29 is 9.53 Å². The van der Waals surface area contributed by atoms with E-state index in [0.29, 0.717) is 12.4 Å². The molecule has 1 amide bonds. The maximum absolute atomic E-state index is 12.5. The van der Waals surface area contributed by atoms with Crippen LogP contribution < -0.4 is 15.0 Å². The molecule has 0 spiro atoms. The van der Waals surface area contributed by atoms with Gasteiger partial charge in [0.25, 0.3) is 0 Å². The van der Waals surface area contributed by atoms with E-state index in [1.807, 2.05) is 49.2 Å². The minimum atomic E-state index is -0.180. The van der Waals surface area contributed by atoms with Crippen LogP contribution in [0.5, 0.6) is 5.88 Å². The van der Waals surface area contributed by atoms with Crippen LogP contribution in [-0.2, 0) is 24.2 Å². The summed E-state index contributed by atoms with van der Waals surface area (Å²) in [6, 6.07) is 7.64. The fourth-order valence-electron chi connectivity index (χ4n) is 4.27. The smallest absolute Gasteiger partial charge is 0.247 e. The van der Waals surface area contributed by atoms with Crippen molar-refractivity contribution in [2.75, 3.05) is 24.4 Å². The van der Waals surface area contributed by atoms with Crippen LogP contribution in [0.4, 0.5) is 11.4 Å². The van der Waals surface area contributed by atoms with Crippen LogP contribution in [0.1, 0.15) is 43.9 Å². The van der Waals surface area contributed by atoms with Gasteiger partial charge in [-0.2, -0.15) is 5.10 Å². The summed E-state index contributed by atoms with van der Waals surface area (Å²) in [7, 11) is 3.60. The molecule has 4 heterocycles. The molecule has 1 aliphatic heterocycles. The van der Waals surface area contributed by atoms with Crippen molar-refractivity contribution in [1.29, 1.82) is 0 Å². The largest absolute Gasteiger partial charge is 0.481 e. The number of hydrogen-bond acceptors (Lipinski definition) is 6. The number of pyridine rings is 2. The van der Waals surface area contributed by atoms with E-state index in [1.54, 1.807) is 7.11 Å². The first-order valence-corrected chi connectivity index (χ1v) is 10.9. The lowest BCUT2D eigenvalue weighted by Gasteiger charge is -2.38. The average molecular weight is 451 g/mol. The number of aryl methyl sites for hydroxylation is 3. The Hall–Kier alpha value is -3.42. The standard InChI is InChI=1S/C24H30N6O2.CH4/c1-15(2)23-24(31)28-22-16(3)26-18(11-20(22)29(23)4)10-9-17-12-25-30(13-17)14-19-7-6-8-21(27-19)32-5;/h6-8,11-13,15,23H,9-10,14H2,1-5H3,(H,28,31);1H4/t23-;/m0./s1. The minimum Gasteiger partial charge on any atom is -0.481 e. The Morgan fingerprint density at radius 1 is 1.18 bits per heavy atom. The first-order chi connectivity index (χ1) is 15.4. The fourth-order valence-corrected chi connectivity index (χ4v) is 4.27. The van der Waals surface area contributed by atoms with Gasteiger partial charge < -0.3 is 15.0 Å². The molecule has 3 aromatic rings. The van der Waals surface area contributed by atoms with Crippen molar-refractivity contribution in [3.63, 3.8) is 0 Å². The van der Waals surface area contributed by atoms with Crippen LogP contribution in [-0.4, -0.2) is 45.9 Å². The fraction of sp³-hybridized carbons (Fsp3) is 0.440. The number of aromatic nitrogens is 4. The summed E-state index contributed by atoms with van der Waals surface area (Å²) < 4.78 is 7.08. The van der Waals surface area contributed by atoms with Crippen LogP contribution >= 0.6 is 0 Å². The van der Waals surface area contributed by atoms with Gasteiger partial charge in [0.2, 0.25) is 11.8 Å². The Morgan fingerprint density at radius 2 is 1.97 bits per heavy atom. The van der Waals surface area contributed by atoms with E-state index in [1.165, 1.54) is 0 Å². The number of rotatable bonds is 7. The SMILES string of the molecule is C.COc1cccc(Cn2cc(CCc3cc4c(c(C)n3)NC(=O)[C@H](C(C)C)N4C)cn2)n1. The molecular formula is C25H34N6O2. The summed E-state index contributed by atoms with van der Waals surface area (Å²) in [5.74, 6) is 0.852. The molecule has 4 rings (SSSR count). The molecule has 0 radical (unpaired) electrons. The Balaban J connectivity index is 0.00000306. The molecular weight excluding hydrogens is 416 g/mol. The number of carbonyl (C=O) groups is 1. The van der Waals surface area contributed by atoms with Crippen molar-refractivity contribution in [3.8, 4) is 5.88 Å². The highest BCUT2D eigenvalue weighted by molar-refractivity contribution is 6.04. The summed E-state index contributed by atoms with van der Waals surface area (Å²) in [5, 5.41) is 7.53. The first-order valence-electron chi connectivity index (χ1n) is 10.9. The zero-order chi connectivity index (χ0) is 22.8. The van der Waals surface area contributed by atoms with Gasteiger partial charge in [-0.25, -0.2) is 4.98 Å². The van der Waals surface area contributed by atoms with E-state index in [2.05, 4.69) is 40.2 Å².